The standard InChI is InChI=1S/C19H22N2O5/c1-12(13-7-4-5-9-15(13)24-2)21-17(22)11-26-18-14(19(20)23)8-6-10-16(18)25-3/h4-10,12H,11H2,1-3H3,(H2,20,23)(H,21,22). The monoisotopic (exact) mass is 358 g/mol. The first kappa shape index (κ1) is 19.1. The highest BCUT2D eigenvalue weighted by molar-refractivity contribution is 5.96. The first-order chi connectivity index (χ1) is 12.5. The molecule has 0 aromatic heterocycles. The summed E-state index contributed by atoms with van der Waals surface area (Å²) in [4.78, 5) is 23.8. The third kappa shape index (κ3) is 4.44. The lowest BCUT2D eigenvalue weighted by Gasteiger charge is -2.18. The molecule has 0 radical (unpaired) electrons. The molecule has 1 atom stereocenters. The van der Waals surface area contributed by atoms with E-state index in [2.05, 4.69) is 5.32 Å². The van der Waals surface area contributed by atoms with Crippen LogP contribution in [0.5, 0.6) is 17.2 Å². The van der Waals surface area contributed by atoms with E-state index in [0.717, 1.165) is 5.56 Å². The summed E-state index contributed by atoms with van der Waals surface area (Å²) in [5.41, 5.74) is 6.34. The Hall–Kier alpha value is -3.22. The van der Waals surface area contributed by atoms with E-state index in [1.165, 1.54) is 13.2 Å². The Balaban J connectivity index is 2.06. The van der Waals surface area contributed by atoms with Crippen LogP contribution in [0.25, 0.3) is 0 Å². The number of primary amides is 1. The number of carbonyl (C=O) groups excluding carboxylic acids is 2. The number of ether oxygens (including phenoxy) is 3. The molecule has 0 heterocycles. The molecule has 7 heteroatoms. The zero-order chi connectivity index (χ0) is 19.1. The maximum atomic E-state index is 12.2. The van der Waals surface area contributed by atoms with E-state index in [1.807, 2.05) is 31.2 Å². The van der Waals surface area contributed by atoms with Crippen molar-refractivity contribution in [2.24, 2.45) is 5.73 Å². The smallest absolute Gasteiger partial charge is 0.258 e. The minimum Gasteiger partial charge on any atom is -0.496 e. The van der Waals surface area contributed by atoms with Crippen LogP contribution in [0.15, 0.2) is 42.5 Å². The minimum atomic E-state index is -0.665. The van der Waals surface area contributed by atoms with E-state index in [9.17, 15) is 9.59 Å². The van der Waals surface area contributed by atoms with Gasteiger partial charge in [-0.3, -0.25) is 9.59 Å². The number of methoxy groups -OCH3 is 2. The predicted octanol–water partition coefficient (Wildman–Crippen LogP) is 2.06. The van der Waals surface area contributed by atoms with E-state index in [-0.39, 0.29) is 29.9 Å². The van der Waals surface area contributed by atoms with Crippen LogP contribution < -0.4 is 25.3 Å². The van der Waals surface area contributed by atoms with Crippen molar-refractivity contribution in [2.45, 2.75) is 13.0 Å². The van der Waals surface area contributed by atoms with Crippen LogP contribution >= 0.6 is 0 Å². The van der Waals surface area contributed by atoms with Crippen LogP contribution in [0.4, 0.5) is 0 Å². The first-order valence-electron chi connectivity index (χ1n) is 7.99. The second-order valence-electron chi connectivity index (χ2n) is 5.52. The van der Waals surface area contributed by atoms with E-state index >= 15 is 0 Å². The Morgan fingerprint density at radius 1 is 1.04 bits per heavy atom. The van der Waals surface area contributed by atoms with Gasteiger partial charge < -0.3 is 25.3 Å². The van der Waals surface area contributed by atoms with E-state index in [4.69, 9.17) is 19.9 Å². The molecule has 2 aromatic carbocycles. The van der Waals surface area contributed by atoms with Gasteiger partial charge in [0.15, 0.2) is 18.1 Å². The SMILES string of the molecule is COc1ccccc1C(C)NC(=O)COc1c(OC)cccc1C(N)=O. The summed E-state index contributed by atoms with van der Waals surface area (Å²) in [6.45, 7) is 1.55. The van der Waals surface area contributed by atoms with Gasteiger partial charge in [0, 0.05) is 5.56 Å². The van der Waals surface area contributed by atoms with Gasteiger partial charge in [0.1, 0.15) is 5.75 Å². The van der Waals surface area contributed by atoms with Crippen molar-refractivity contribution in [3.63, 3.8) is 0 Å². The van der Waals surface area contributed by atoms with Crippen LogP contribution in [0, 0.1) is 0 Å². The summed E-state index contributed by atoms with van der Waals surface area (Å²) < 4.78 is 16.0. The van der Waals surface area contributed by atoms with Crippen molar-refractivity contribution in [3.05, 3.63) is 53.6 Å². The van der Waals surface area contributed by atoms with Gasteiger partial charge in [0.25, 0.3) is 11.8 Å². The molecule has 0 bridgehead atoms. The number of benzene rings is 2. The maximum absolute atomic E-state index is 12.2. The van der Waals surface area contributed by atoms with Gasteiger partial charge in [-0.25, -0.2) is 0 Å². The number of rotatable bonds is 8. The normalized spacial score (nSPS) is 11.3. The van der Waals surface area contributed by atoms with Gasteiger partial charge in [0.2, 0.25) is 0 Å². The van der Waals surface area contributed by atoms with Crippen molar-refractivity contribution in [3.8, 4) is 17.2 Å². The Bertz CT molecular complexity index is 791. The number of hydrogen-bond donors (Lipinski definition) is 2. The summed E-state index contributed by atoms with van der Waals surface area (Å²) in [6, 6.07) is 11.9. The second-order valence-corrected chi connectivity index (χ2v) is 5.52. The van der Waals surface area contributed by atoms with Gasteiger partial charge in [-0.15, -0.1) is 0 Å². The molecule has 0 aliphatic heterocycles. The van der Waals surface area contributed by atoms with E-state index in [0.29, 0.717) is 11.5 Å². The van der Waals surface area contributed by atoms with Crippen molar-refractivity contribution in [1.29, 1.82) is 0 Å². The molecule has 2 rings (SSSR count). The molecule has 26 heavy (non-hydrogen) atoms. The summed E-state index contributed by atoms with van der Waals surface area (Å²) >= 11 is 0. The number of para-hydroxylation sites is 2. The molecule has 7 nitrogen and oxygen atoms in total. The topological polar surface area (TPSA) is 99.9 Å². The summed E-state index contributed by atoms with van der Waals surface area (Å²) in [5, 5.41) is 2.83. The van der Waals surface area contributed by atoms with E-state index in [1.54, 1.807) is 19.2 Å². The summed E-state index contributed by atoms with van der Waals surface area (Å²) in [5.74, 6) is 0.128. The molecule has 0 aliphatic carbocycles. The molecule has 1 unspecified atom stereocenters. The highest BCUT2D eigenvalue weighted by Gasteiger charge is 2.18. The molecule has 138 valence electrons. The maximum Gasteiger partial charge on any atom is 0.258 e. The van der Waals surface area contributed by atoms with Crippen LogP contribution in [0.1, 0.15) is 28.9 Å². The van der Waals surface area contributed by atoms with Crippen LogP contribution in [0.3, 0.4) is 0 Å². The van der Waals surface area contributed by atoms with E-state index < -0.39 is 5.91 Å². The fraction of sp³-hybridized carbons (Fsp3) is 0.263. The molecular weight excluding hydrogens is 336 g/mol. The lowest BCUT2D eigenvalue weighted by Crippen LogP contribution is -2.31. The molecule has 0 spiro atoms. The van der Waals surface area contributed by atoms with Crippen molar-refractivity contribution in [1.82, 2.24) is 5.32 Å². The Labute approximate surface area is 152 Å². The largest absolute Gasteiger partial charge is 0.496 e. The molecule has 0 saturated carbocycles. The van der Waals surface area contributed by atoms with Crippen molar-refractivity contribution in [2.75, 3.05) is 20.8 Å². The fourth-order valence-electron chi connectivity index (χ4n) is 2.54. The quantitative estimate of drug-likeness (QED) is 0.752. The highest BCUT2D eigenvalue weighted by atomic mass is 16.5. The lowest BCUT2D eigenvalue weighted by atomic mass is 10.1. The highest BCUT2D eigenvalue weighted by Crippen LogP contribution is 2.31. The third-order valence-electron chi connectivity index (χ3n) is 3.79. The molecule has 0 fully saturated rings. The number of amides is 2. The molecule has 0 aliphatic rings. The van der Waals surface area contributed by atoms with Gasteiger partial charge in [-0.05, 0) is 25.1 Å². The van der Waals surface area contributed by atoms with Gasteiger partial charge >= 0.3 is 0 Å². The number of nitrogens with two attached hydrogens (primary N) is 1. The average Bonchev–Trinajstić information content (AvgIpc) is 2.65. The minimum absolute atomic E-state index is 0.141. The van der Waals surface area contributed by atoms with Crippen LogP contribution in [-0.2, 0) is 4.79 Å². The van der Waals surface area contributed by atoms with Gasteiger partial charge in [0.05, 0.1) is 25.8 Å². The molecule has 3 N–H and O–H groups in total. The van der Waals surface area contributed by atoms with Gasteiger partial charge in [-0.1, -0.05) is 24.3 Å². The second kappa shape index (κ2) is 8.75. The Morgan fingerprint density at radius 2 is 1.69 bits per heavy atom. The van der Waals surface area contributed by atoms with Crippen LogP contribution in [0.2, 0.25) is 0 Å². The Morgan fingerprint density at radius 3 is 2.35 bits per heavy atom. The summed E-state index contributed by atoms with van der Waals surface area (Å²) in [7, 11) is 3.01. The first-order valence-corrected chi connectivity index (χ1v) is 7.99. The molecule has 2 amide bonds. The lowest BCUT2D eigenvalue weighted by molar-refractivity contribution is -0.123. The Kier molecular flexibility index (Phi) is 6.43. The number of nitrogens with one attached hydrogen (secondary N) is 1. The predicted molar refractivity (Wildman–Crippen MR) is 96.6 cm³/mol. The van der Waals surface area contributed by atoms with Crippen molar-refractivity contribution < 1.29 is 23.8 Å². The summed E-state index contributed by atoms with van der Waals surface area (Å²) in [6.07, 6.45) is 0. The molecule has 2 aromatic rings. The zero-order valence-corrected chi connectivity index (χ0v) is 14.9. The van der Waals surface area contributed by atoms with Gasteiger partial charge in [-0.2, -0.15) is 0 Å². The van der Waals surface area contributed by atoms with Crippen molar-refractivity contribution >= 4 is 11.8 Å². The third-order valence-corrected chi connectivity index (χ3v) is 3.79. The van der Waals surface area contributed by atoms with Crippen LogP contribution in [-0.4, -0.2) is 32.6 Å². The fourth-order valence-corrected chi connectivity index (χ4v) is 2.54. The number of carbonyl (C=O) groups is 2. The zero-order valence-electron chi connectivity index (χ0n) is 14.9. The molecule has 0 saturated heterocycles. The number of hydrogen-bond acceptors (Lipinski definition) is 5. The molecular formula is C19H22N2O5. The average molecular weight is 358 g/mol.